The largest absolute Gasteiger partial charge is 0.399 e. The smallest absolute Gasteiger partial charge is 0.0743 e. The van der Waals surface area contributed by atoms with E-state index in [2.05, 4.69) is 29.4 Å². The molecule has 3 aromatic rings. The first-order valence-corrected chi connectivity index (χ1v) is 7.53. The zero-order valence-electron chi connectivity index (χ0n) is 11.4. The molecule has 0 fully saturated rings. The highest BCUT2D eigenvalue weighted by Gasteiger charge is 2.03. The maximum absolute atomic E-state index is 5.80. The molecule has 0 unspecified atom stereocenters. The van der Waals surface area contributed by atoms with Gasteiger partial charge in [0.15, 0.2) is 0 Å². The second-order valence-electron chi connectivity index (χ2n) is 4.71. The van der Waals surface area contributed by atoms with Gasteiger partial charge in [0.25, 0.3) is 0 Å². The van der Waals surface area contributed by atoms with E-state index >= 15 is 0 Å². The number of anilines is 2. The highest BCUT2D eigenvalue weighted by molar-refractivity contribution is 7.12. The molecule has 0 bridgehead atoms. The average molecular weight is 283 g/mol. The molecular weight excluding hydrogens is 266 g/mol. The number of pyridine rings is 1. The van der Waals surface area contributed by atoms with Gasteiger partial charge in [-0.05, 0) is 42.8 Å². The lowest BCUT2D eigenvalue weighted by atomic mass is 10.1. The summed E-state index contributed by atoms with van der Waals surface area (Å²) >= 11 is 1.86. The van der Waals surface area contributed by atoms with Gasteiger partial charge in [-0.2, -0.15) is 0 Å². The van der Waals surface area contributed by atoms with Crippen molar-refractivity contribution < 1.29 is 0 Å². The second-order valence-corrected chi connectivity index (χ2v) is 5.96. The number of hydrogen-bond acceptors (Lipinski definition) is 4. The van der Waals surface area contributed by atoms with Crippen molar-refractivity contribution in [2.45, 2.75) is 19.9 Å². The van der Waals surface area contributed by atoms with Gasteiger partial charge in [0.2, 0.25) is 0 Å². The van der Waals surface area contributed by atoms with Crippen LogP contribution in [0.2, 0.25) is 0 Å². The molecule has 20 heavy (non-hydrogen) atoms. The summed E-state index contributed by atoms with van der Waals surface area (Å²) in [6.45, 7) is 3.03. The third kappa shape index (κ3) is 2.60. The molecule has 3 N–H and O–H groups in total. The first-order valence-electron chi connectivity index (χ1n) is 6.72. The van der Waals surface area contributed by atoms with Crippen molar-refractivity contribution in [1.82, 2.24) is 4.98 Å². The molecule has 4 heteroatoms. The van der Waals surface area contributed by atoms with E-state index in [0.717, 1.165) is 35.2 Å². The molecule has 0 atom stereocenters. The predicted octanol–water partition coefficient (Wildman–Crippen LogP) is 4.05. The van der Waals surface area contributed by atoms with Crippen LogP contribution in [-0.4, -0.2) is 4.98 Å². The predicted molar refractivity (Wildman–Crippen MR) is 87.2 cm³/mol. The average Bonchev–Trinajstić information content (AvgIpc) is 2.92. The van der Waals surface area contributed by atoms with Crippen molar-refractivity contribution in [2.75, 3.05) is 11.1 Å². The highest BCUT2D eigenvalue weighted by Crippen LogP contribution is 2.25. The Morgan fingerprint density at radius 2 is 2.00 bits per heavy atom. The van der Waals surface area contributed by atoms with Crippen LogP contribution < -0.4 is 11.1 Å². The minimum absolute atomic E-state index is 0.744. The van der Waals surface area contributed by atoms with Gasteiger partial charge in [0.05, 0.1) is 5.52 Å². The molecule has 2 heterocycles. The Bertz CT molecular complexity index is 733. The minimum atomic E-state index is 0.744. The van der Waals surface area contributed by atoms with Crippen molar-refractivity contribution in [3.05, 3.63) is 52.3 Å². The Morgan fingerprint density at radius 3 is 2.80 bits per heavy atom. The number of nitrogen functional groups attached to an aromatic ring is 1. The van der Waals surface area contributed by atoms with Crippen LogP contribution in [0.5, 0.6) is 0 Å². The van der Waals surface area contributed by atoms with E-state index in [-0.39, 0.29) is 0 Å². The summed E-state index contributed by atoms with van der Waals surface area (Å²) < 4.78 is 0. The summed E-state index contributed by atoms with van der Waals surface area (Å²) in [6.07, 6.45) is 2.91. The number of nitrogens with one attached hydrogen (secondary N) is 1. The van der Waals surface area contributed by atoms with Gasteiger partial charge in [0.1, 0.15) is 0 Å². The van der Waals surface area contributed by atoms with Crippen molar-refractivity contribution in [3.8, 4) is 0 Å². The molecule has 3 nitrogen and oxygen atoms in total. The molecule has 0 radical (unpaired) electrons. The third-order valence-corrected chi connectivity index (χ3v) is 4.52. The lowest BCUT2D eigenvalue weighted by Crippen LogP contribution is -1.98. The SMILES string of the molecule is CCc1ccc(CNc2ccnc3cc(N)ccc23)s1. The van der Waals surface area contributed by atoms with E-state index in [4.69, 9.17) is 5.73 Å². The molecule has 0 spiro atoms. The molecule has 0 aliphatic rings. The topological polar surface area (TPSA) is 50.9 Å². The Labute approximate surface area is 122 Å². The summed E-state index contributed by atoms with van der Waals surface area (Å²) in [7, 11) is 0. The summed E-state index contributed by atoms with van der Waals surface area (Å²) in [5.41, 5.74) is 8.57. The summed E-state index contributed by atoms with van der Waals surface area (Å²) in [5, 5.41) is 4.60. The van der Waals surface area contributed by atoms with Crippen LogP contribution in [0.1, 0.15) is 16.7 Å². The zero-order valence-corrected chi connectivity index (χ0v) is 12.2. The van der Waals surface area contributed by atoms with Gasteiger partial charge >= 0.3 is 0 Å². The van der Waals surface area contributed by atoms with Gasteiger partial charge in [-0.15, -0.1) is 11.3 Å². The van der Waals surface area contributed by atoms with Crippen LogP contribution in [0.15, 0.2) is 42.6 Å². The number of benzene rings is 1. The third-order valence-electron chi connectivity index (χ3n) is 3.29. The van der Waals surface area contributed by atoms with Crippen LogP contribution in [-0.2, 0) is 13.0 Å². The molecule has 0 saturated heterocycles. The van der Waals surface area contributed by atoms with Crippen LogP contribution in [0.4, 0.5) is 11.4 Å². The van der Waals surface area contributed by atoms with Gasteiger partial charge in [-0.3, -0.25) is 4.98 Å². The van der Waals surface area contributed by atoms with Crippen molar-refractivity contribution >= 4 is 33.6 Å². The monoisotopic (exact) mass is 283 g/mol. The van der Waals surface area contributed by atoms with Crippen molar-refractivity contribution in [3.63, 3.8) is 0 Å². The van der Waals surface area contributed by atoms with Crippen molar-refractivity contribution in [2.24, 2.45) is 0 Å². The maximum atomic E-state index is 5.80. The molecule has 0 aliphatic heterocycles. The Balaban J connectivity index is 1.83. The van der Waals surface area contributed by atoms with E-state index in [9.17, 15) is 0 Å². The number of nitrogens with two attached hydrogens (primary N) is 1. The Morgan fingerprint density at radius 1 is 1.15 bits per heavy atom. The van der Waals surface area contributed by atoms with Gasteiger partial charge in [0, 0.05) is 39.3 Å². The molecular formula is C16H17N3S. The van der Waals surface area contributed by atoms with Crippen molar-refractivity contribution in [1.29, 1.82) is 0 Å². The Kier molecular flexibility index (Phi) is 3.56. The number of nitrogens with zero attached hydrogens (tertiary/aromatic N) is 1. The minimum Gasteiger partial charge on any atom is -0.399 e. The zero-order chi connectivity index (χ0) is 13.9. The molecule has 0 saturated carbocycles. The van der Waals surface area contributed by atoms with Crippen LogP contribution >= 0.6 is 11.3 Å². The van der Waals surface area contributed by atoms with E-state index in [1.165, 1.54) is 9.75 Å². The number of fused-ring (bicyclic) bond motifs is 1. The summed E-state index contributed by atoms with van der Waals surface area (Å²) in [4.78, 5) is 7.13. The van der Waals surface area contributed by atoms with Gasteiger partial charge in [-0.1, -0.05) is 6.92 Å². The lowest BCUT2D eigenvalue weighted by molar-refractivity contribution is 1.19. The maximum Gasteiger partial charge on any atom is 0.0743 e. The fraction of sp³-hybridized carbons (Fsp3) is 0.188. The summed E-state index contributed by atoms with van der Waals surface area (Å²) in [5.74, 6) is 0. The van der Waals surface area contributed by atoms with Crippen LogP contribution in [0.25, 0.3) is 10.9 Å². The quantitative estimate of drug-likeness (QED) is 0.710. The van der Waals surface area contributed by atoms with Crippen LogP contribution in [0.3, 0.4) is 0 Å². The molecule has 102 valence electrons. The molecule has 2 aromatic heterocycles. The summed E-state index contributed by atoms with van der Waals surface area (Å²) in [6, 6.07) is 12.2. The van der Waals surface area contributed by atoms with E-state index < -0.39 is 0 Å². The fourth-order valence-electron chi connectivity index (χ4n) is 2.21. The number of aryl methyl sites for hydroxylation is 1. The number of aromatic nitrogens is 1. The number of hydrogen-bond donors (Lipinski definition) is 2. The molecule has 0 aliphatic carbocycles. The van der Waals surface area contributed by atoms with Gasteiger partial charge < -0.3 is 11.1 Å². The van der Waals surface area contributed by atoms with E-state index in [1.54, 1.807) is 0 Å². The lowest BCUT2D eigenvalue weighted by Gasteiger charge is -2.08. The number of thiophene rings is 1. The molecule has 0 amide bonds. The Hall–Kier alpha value is -2.07. The normalized spacial score (nSPS) is 10.8. The standard InChI is InChI=1S/C16H17N3S/c1-2-12-4-5-13(20-12)10-19-15-7-8-18-16-9-11(17)3-6-14(15)16/h3-9H,2,10,17H2,1H3,(H,18,19). The fourth-order valence-corrected chi connectivity index (χ4v) is 3.11. The molecule has 3 rings (SSSR count). The van der Waals surface area contributed by atoms with E-state index in [0.29, 0.717) is 0 Å². The van der Waals surface area contributed by atoms with Gasteiger partial charge in [-0.25, -0.2) is 0 Å². The van der Waals surface area contributed by atoms with E-state index in [1.807, 2.05) is 41.8 Å². The number of rotatable bonds is 4. The highest BCUT2D eigenvalue weighted by atomic mass is 32.1. The first kappa shape index (κ1) is 12.9. The molecule has 1 aromatic carbocycles. The first-order chi connectivity index (χ1) is 9.76. The van der Waals surface area contributed by atoms with Crippen LogP contribution in [0, 0.1) is 0 Å². The second kappa shape index (κ2) is 5.51.